The Morgan fingerprint density at radius 3 is 2.78 bits per heavy atom. The van der Waals surface area contributed by atoms with Crippen LogP contribution in [-0.2, 0) is 9.53 Å². The van der Waals surface area contributed by atoms with Crippen molar-refractivity contribution in [1.82, 2.24) is 4.98 Å². The molecule has 0 saturated heterocycles. The molecule has 0 bridgehead atoms. The molecule has 2 atom stereocenters. The summed E-state index contributed by atoms with van der Waals surface area (Å²) in [5.41, 5.74) is -0.0961. The van der Waals surface area contributed by atoms with Crippen LogP contribution in [0.1, 0.15) is 25.1 Å². The molecule has 0 aliphatic heterocycles. The third-order valence-electron chi connectivity index (χ3n) is 2.19. The molecular weight excluding hydrogens is 306 g/mol. The van der Waals surface area contributed by atoms with Crippen molar-refractivity contribution in [1.29, 1.82) is 0 Å². The average molecular weight is 320 g/mol. The van der Waals surface area contributed by atoms with Gasteiger partial charge in [0, 0.05) is 0 Å². The minimum absolute atomic E-state index is 0.0961. The molecule has 1 heterocycles. The zero-order valence-corrected chi connectivity index (χ0v) is 11.3. The van der Waals surface area contributed by atoms with E-state index < -0.39 is 18.2 Å². The number of aromatic nitrogens is 1. The van der Waals surface area contributed by atoms with Gasteiger partial charge in [0.2, 0.25) is 0 Å². The normalized spacial score (nSPS) is 14.0. The molecule has 2 unspecified atom stereocenters. The Bertz CT molecular complexity index is 426. The van der Waals surface area contributed by atoms with Gasteiger partial charge < -0.3 is 20.1 Å². The van der Waals surface area contributed by atoms with E-state index in [4.69, 9.17) is 0 Å². The second-order valence-electron chi connectivity index (χ2n) is 3.56. The summed E-state index contributed by atoms with van der Waals surface area (Å²) >= 11 is 3.08. The molecule has 1 aromatic heterocycles. The van der Waals surface area contributed by atoms with Crippen molar-refractivity contribution < 1.29 is 24.9 Å². The summed E-state index contributed by atoms with van der Waals surface area (Å²) < 4.78 is 5.05. The van der Waals surface area contributed by atoms with Crippen molar-refractivity contribution >= 4 is 21.9 Å². The van der Waals surface area contributed by atoms with E-state index in [1.165, 1.54) is 12.1 Å². The van der Waals surface area contributed by atoms with E-state index in [1.54, 1.807) is 6.92 Å². The van der Waals surface area contributed by atoms with Crippen LogP contribution in [0.2, 0.25) is 0 Å². The number of hydrogen-bond donors (Lipinski definition) is 3. The van der Waals surface area contributed by atoms with Crippen LogP contribution >= 0.6 is 15.9 Å². The zero-order chi connectivity index (χ0) is 13.7. The van der Waals surface area contributed by atoms with E-state index in [1.807, 2.05) is 0 Å². The van der Waals surface area contributed by atoms with Crippen LogP contribution in [0.4, 0.5) is 0 Å². The average Bonchev–Trinajstić information content (AvgIpc) is 2.31. The number of carbonyl (C=O) groups excluding carboxylic acids is 1. The quantitative estimate of drug-likeness (QED) is 0.550. The van der Waals surface area contributed by atoms with Gasteiger partial charge in [-0.05, 0) is 35.0 Å². The first-order chi connectivity index (χ1) is 8.45. The summed E-state index contributed by atoms with van der Waals surface area (Å²) in [5, 5.41) is 29.0. The Morgan fingerprint density at radius 2 is 2.17 bits per heavy atom. The number of aliphatic hydroxyl groups is 2. The number of hydrogen-bond acceptors (Lipinski definition) is 6. The van der Waals surface area contributed by atoms with Crippen LogP contribution in [0.25, 0.3) is 0 Å². The second-order valence-corrected chi connectivity index (χ2v) is 4.37. The summed E-state index contributed by atoms with van der Waals surface area (Å²) in [7, 11) is 0. The highest BCUT2D eigenvalue weighted by Gasteiger charge is 2.25. The molecular formula is C11H14BrNO5. The van der Waals surface area contributed by atoms with Gasteiger partial charge in [0.25, 0.3) is 0 Å². The van der Waals surface area contributed by atoms with Gasteiger partial charge in [-0.1, -0.05) is 0 Å². The molecule has 1 aromatic rings. The summed E-state index contributed by atoms with van der Waals surface area (Å²) in [5.74, 6) is -0.882. The molecule has 100 valence electrons. The molecule has 0 saturated carbocycles. The summed E-state index contributed by atoms with van der Waals surface area (Å²) in [6.45, 7) is 1.84. The van der Waals surface area contributed by atoms with Gasteiger partial charge in [-0.15, -0.1) is 0 Å². The standard InChI is InChI=1S/C11H14BrNO5/c1-2-18-9(16)5-7(15)11(17)10-6(14)3-4-8(12)13-10/h3-4,7,11,14-15,17H,2,5H2,1H3. The lowest BCUT2D eigenvalue weighted by molar-refractivity contribution is -0.147. The predicted octanol–water partition coefficient (Wildman–Crippen LogP) is 0.897. The van der Waals surface area contributed by atoms with Crippen LogP contribution in [0.5, 0.6) is 5.75 Å². The third kappa shape index (κ3) is 3.94. The zero-order valence-electron chi connectivity index (χ0n) is 9.71. The maximum absolute atomic E-state index is 11.2. The fourth-order valence-electron chi connectivity index (χ4n) is 1.34. The smallest absolute Gasteiger partial charge is 0.308 e. The number of ether oxygens (including phenoxy) is 1. The Balaban J connectivity index is 2.76. The Kier molecular flexibility index (Phi) is 5.52. The van der Waals surface area contributed by atoms with Crippen LogP contribution in [0.3, 0.4) is 0 Å². The maximum atomic E-state index is 11.2. The number of aliphatic hydroxyl groups excluding tert-OH is 2. The Hall–Kier alpha value is -1.18. The highest BCUT2D eigenvalue weighted by atomic mass is 79.9. The van der Waals surface area contributed by atoms with Crippen molar-refractivity contribution in [3.05, 3.63) is 22.4 Å². The fraction of sp³-hybridized carbons (Fsp3) is 0.455. The van der Waals surface area contributed by atoms with Gasteiger partial charge in [-0.2, -0.15) is 0 Å². The molecule has 0 fully saturated rings. The molecule has 0 amide bonds. The summed E-state index contributed by atoms with van der Waals surface area (Å²) in [6.07, 6.45) is -3.23. The summed E-state index contributed by atoms with van der Waals surface area (Å²) in [6, 6.07) is 2.82. The van der Waals surface area contributed by atoms with Crippen LogP contribution in [0, 0.1) is 0 Å². The van der Waals surface area contributed by atoms with Crippen LogP contribution in [0.15, 0.2) is 16.7 Å². The first kappa shape index (κ1) is 14.9. The lowest BCUT2D eigenvalue weighted by Gasteiger charge is -2.17. The number of rotatable bonds is 5. The molecule has 0 aliphatic carbocycles. The molecule has 18 heavy (non-hydrogen) atoms. The highest BCUT2D eigenvalue weighted by Crippen LogP contribution is 2.27. The molecule has 3 N–H and O–H groups in total. The van der Waals surface area contributed by atoms with Crippen LogP contribution < -0.4 is 0 Å². The monoisotopic (exact) mass is 319 g/mol. The summed E-state index contributed by atoms with van der Waals surface area (Å²) in [4.78, 5) is 15.0. The lowest BCUT2D eigenvalue weighted by atomic mass is 10.1. The number of esters is 1. The number of aromatic hydroxyl groups is 1. The Morgan fingerprint density at radius 1 is 1.50 bits per heavy atom. The van der Waals surface area contributed by atoms with Crippen molar-refractivity contribution in [2.45, 2.75) is 25.6 Å². The highest BCUT2D eigenvalue weighted by molar-refractivity contribution is 9.10. The number of carbonyl (C=O) groups is 1. The largest absolute Gasteiger partial charge is 0.506 e. The van der Waals surface area contributed by atoms with E-state index in [0.29, 0.717) is 4.60 Å². The first-order valence-corrected chi connectivity index (χ1v) is 6.12. The topological polar surface area (TPSA) is 99.9 Å². The maximum Gasteiger partial charge on any atom is 0.308 e. The second kappa shape index (κ2) is 6.67. The Labute approximate surface area is 112 Å². The molecule has 0 aromatic carbocycles. The van der Waals surface area contributed by atoms with Crippen molar-refractivity contribution in [3.8, 4) is 5.75 Å². The van der Waals surface area contributed by atoms with Crippen molar-refractivity contribution in [2.24, 2.45) is 0 Å². The lowest BCUT2D eigenvalue weighted by Crippen LogP contribution is -2.24. The number of nitrogens with zero attached hydrogens (tertiary/aromatic N) is 1. The van der Waals surface area contributed by atoms with Crippen molar-refractivity contribution in [3.63, 3.8) is 0 Å². The molecule has 6 nitrogen and oxygen atoms in total. The minimum Gasteiger partial charge on any atom is -0.506 e. The fourth-order valence-corrected chi connectivity index (χ4v) is 1.67. The van der Waals surface area contributed by atoms with E-state index in [2.05, 4.69) is 25.7 Å². The SMILES string of the molecule is CCOC(=O)CC(O)C(O)c1nc(Br)ccc1O. The number of pyridine rings is 1. The molecule has 0 spiro atoms. The van der Waals surface area contributed by atoms with Gasteiger partial charge >= 0.3 is 5.97 Å². The number of halogens is 1. The van der Waals surface area contributed by atoms with E-state index in [-0.39, 0.29) is 24.5 Å². The van der Waals surface area contributed by atoms with E-state index in [9.17, 15) is 20.1 Å². The predicted molar refractivity (Wildman–Crippen MR) is 65.8 cm³/mol. The first-order valence-electron chi connectivity index (χ1n) is 5.32. The van der Waals surface area contributed by atoms with Gasteiger partial charge in [0.15, 0.2) is 0 Å². The molecule has 0 aliphatic rings. The van der Waals surface area contributed by atoms with Gasteiger partial charge in [0.05, 0.1) is 19.1 Å². The van der Waals surface area contributed by atoms with Crippen LogP contribution in [-0.4, -0.2) is 39.0 Å². The van der Waals surface area contributed by atoms with Gasteiger partial charge in [-0.3, -0.25) is 4.79 Å². The molecule has 0 radical (unpaired) electrons. The van der Waals surface area contributed by atoms with E-state index in [0.717, 1.165) is 0 Å². The van der Waals surface area contributed by atoms with Gasteiger partial charge in [-0.25, -0.2) is 4.98 Å². The molecule has 7 heteroatoms. The van der Waals surface area contributed by atoms with Gasteiger partial charge in [0.1, 0.15) is 22.2 Å². The third-order valence-corrected chi connectivity index (χ3v) is 2.64. The van der Waals surface area contributed by atoms with Crippen molar-refractivity contribution in [2.75, 3.05) is 6.61 Å². The minimum atomic E-state index is -1.47. The molecule has 1 rings (SSSR count). The van der Waals surface area contributed by atoms with E-state index >= 15 is 0 Å².